The summed E-state index contributed by atoms with van der Waals surface area (Å²) < 4.78 is 0.926. The van der Waals surface area contributed by atoms with Crippen molar-refractivity contribution in [1.29, 1.82) is 0 Å². The Balaban J connectivity index is 0.00000324. The molecule has 172 valence electrons. The molecule has 34 heavy (non-hydrogen) atoms. The molecular formula is C27H20BrCl3NOP. The minimum Gasteiger partial charge on any atom is -1.00 e. The van der Waals surface area contributed by atoms with Gasteiger partial charge >= 0.3 is 0 Å². The van der Waals surface area contributed by atoms with Crippen LogP contribution in [0.25, 0.3) is 0 Å². The number of benzene rings is 4. The van der Waals surface area contributed by atoms with E-state index in [2.05, 4.69) is 57.6 Å². The molecule has 0 aliphatic heterocycles. The second-order valence-corrected chi connectivity index (χ2v) is 12.5. The molecule has 0 saturated heterocycles. The fourth-order valence-corrected chi connectivity index (χ4v) is 9.00. The third-order valence-corrected chi connectivity index (χ3v) is 10.7. The van der Waals surface area contributed by atoms with Crippen LogP contribution in [0.4, 0.5) is 0 Å². The van der Waals surface area contributed by atoms with Crippen LogP contribution in [0.15, 0.2) is 130 Å². The van der Waals surface area contributed by atoms with E-state index in [9.17, 15) is 4.79 Å². The van der Waals surface area contributed by atoms with Gasteiger partial charge in [-0.25, -0.2) is 0 Å². The summed E-state index contributed by atoms with van der Waals surface area (Å²) in [6, 6.07) is 37.4. The summed E-state index contributed by atoms with van der Waals surface area (Å²) in [4.78, 5) is 13.4. The van der Waals surface area contributed by atoms with E-state index in [0.29, 0.717) is 11.0 Å². The second-order valence-electron chi connectivity index (χ2n) is 7.25. The standard InChI is InChI=1S/C27H19BrCl2NOP.ClH/c28-21-18-16-20(17-19-21)26(32)31-27(25(29)30)33(22-10-4-1-5-11-22,23-12-6-2-7-13-23)24-14-8-3-9-15-24;/h1-19H;1H. The highest BCUT2D eigenvalue weighted by molar-refractivity contribution is 9.10. The van der Waals surface area contributed by atoms with Crippen molar-refractivity contribution in [3.8, 4) is 0 Å². The van der Waals surface area contributed by atoms with E-state index in [0.717, 1.165) is 20.4 Å². The monoisotopic (exact) mass is 589 g/mol. The van der Waals surface area contributed by atoms with Crippen molar-refractivity contribution in [1.82, 2.24) is 5.32 Å². The van der Waals surface area contributed by atoms with Gasteiger partial charge in [-0.3, -0.25) is 10.1 Å². The largest absolute Gasteiger partial charge is 1.00 e. The van der Waals surface area contributed by atoms with Gasteiger partial charge < -0.3 is 12.4 Å². The molecule has 0 radical (unpaired) electrons. The van der Waals surface area contributed by atoms with Gasteiger partial charge in [-0.05, 0) is 60.7 Å². The van der Waals surface area contributed by atoms with Crippen LogP contribution >= 0.6 is 46.4 Å². The highest BCUT2D eigenvalue weighted by Crippen LogP contribution is 2.63. The topological polar surface area (TPSA) is 29.1 Å². The van der Waals surface area contributed by atoms with Gasteiger partial charge in [0.1, 0.15) is 15.9 Å². The number of carbonyl (C=O) groups is 1. The molecule has 0 unspecified atom stereocenters. The van der Waals surface area contributed by atoms with Crippen LogP contribution in [0, 0.1) is 0 Å². The quantitative estimate of drug-likeness (QED) is 0.340. The first-order valence-electron chi connectivity index (χ1n) is 10.2. The zero-order valence-electron chi connectivity index (χ0n) is 17.8. The van der Waals surface area contributed by atoms with Crippen molar-refractivity contribution in [3.05, 3.63) is 135 Å². The van der Waals surface area contributed by atoms with Gasteiger partial charge in [0.05, 0.1) is 0 Å². The first-order valence-corrected chi connectivity index (χ1v) is 13.6. The van der Waals surface area contributed by atoms with Gasteiger partial charge in [-0.2, -0.15) is 0 Å². The fourth-order valence-electron chi connectivity index (χ4n) is 3.83. The summed E-state index contributed by atoms with van der Waals surface area (Å²) in [7, 11) is -2.63. The highest BCUT2D eigenvalue weighted by atomic mass is 79.9. The predicted molar refractivity (Wildman–Crippen MR) is 145 cm³/mol. The Bertz CT molecular complexity index is 1170. The molecule has 0 bridgehead atoms. The predicted octanol–water partition coefficient (Wildman–Crippen LogP) is 3.78. The third-order valence-electron chi connectivity index (χ3n) is 5.28. The van der Waals surface area contributed by atoms with Gasteiger partial charge in [0, 0.05) is 10.0 Å². The number of rotatable bonds is 6. The van der Waals surface area contributed by atoms with Crippen molar-refractivity contribution in [2.75, 3.05) is 0 Å². The molecule has 0 aliphatic carbocycles. The van der Waals surface area contributed by atoms with Gasteiger partial charge in [0.25, 0.3) is 5.91 Å². The Morgan fingerprint density at radius 2 is 1.03 bits per heavy atom. The van der Waals surface area contributed by atoms with E-state index in [4.69, 9.17) is 23.2 Å². The Hall–Kier alpha value is -2.13. The van der Waals surface area contributed by atoms with Crippen LogP contribution in [-0.2, 0) is 0 Å². The Morgan fingerprint density at radius 1 is 0.647 bits per heavy atom. The van der Waals surface area contributed by atoms with Crippen LogP contribution in [-0.4, -0.2) is 5.91 Å². The number of hydrogen-bond donors (Lipinski definition) is 1. The minimum absolute atomic E-state index is 0. The first kappa shape index (κ1) is 26.5. The maximum atomic E-state index is 13.4. The maximum Gasteiger partial charge on any atom is 0.258 e. The first-order chi connectivity index (χ1) is 16.0. The van der Waals surface area contributed by atoms with Gasteiger partial charge in [-0.1, -0.05) is 93.7 Å². The van der Waals surface area contributed by atoms with Crippen LogP contribution in [0.5, 0.6) is 0 Å². The molecule has 0 aromatic heterocycles. The number of hydrogen-bond acceptors (Lipinski definition) is 1. The van der Waals surface area contributed by atoms with E-state index in [1.807, 2.05) is 66.7 Å². The maximum absolute atomic E-state index is 13.4. The molecule has 1 N–H and O–H groups in total. The Kier molecular flexibility index (Phi) is 9.36. The molecule has 4 aromatic carbocycles. The average Bonchev–Trinajstić information content (AvgIpc) is 2.86. The fraction of sp³-hybridized carbons (Fsp3) is 0. The number of halogens is 4. The summed E-state index contributed by atoms with van der Waals surface area (Å²) in [6.07, 6.45) is 0. The molecule has 1 amide bonds. The van der Waals surface area contributed by atoms with Crippen molar-refractivity contribution < 1.29 is 17.2 Å². The molecule has 4 rings (SSSR count). The minimum atomic E-state index is -2.63. The van der Waals surface area contributed by atoms with Crippen LogP contribution < -0.4 is 33.6 Å². The van der Waals surface area contributed by atoms with Crippen molar-refractivity contribution in [3.63, 3.8) is 0 Å². The van der Waals surface area contributed by atoms with E-state index >= 15 is 0 Å². The number of nitrogens with one attached hydrogen (secondary N) is 1. The zero-order valence-corrected chi connectivity index (χ0v) is 22.6. The molecule has 0 heterocycles. The van der Waals surface area contributed by atoms with Gasteiger partial charge in [0.15, 0.2) is 11.8 Å². The van der Waals surface area contributed by atoms with Crippen LogP contribution in [0.2, 0.25) is 0 Å². The lowest BCUT2D eigenvalue weighted by atomic mass is 10.2. The summed E-state index contributed by atoms with van der Waals surface area (Å²) in [5, 5.41) is 6.20. The lowest BCUT2D eigenvalue weighted by molar-refractivity contribution is -0.0000143. The number of amides is 1. The lowest BCUT2D eigenvalue weighted by Gasteiger charge is -2.29. The molecule has 0 saturated carbocycles. The van der Waals surface area contributed by atoms with Gasteiger partial charge in [0.2, 0.25) is 5.44 Å². The molecule has 7 heteroatoms. The van der Waals surface area contributed by atoms with Crippen molar-refractivity contribution in [2.45, 2.75) is 0 Å². The molecule has 0 fully saturated rings. The van der Waals surface area contributed by atoms with Crippen LogP contribution in [0.3, 0.4) is 0 Å². The van der Waals surface area contributed by atoms with Gasteiger partial charge in [-0.15, -0.1) is 0 Å². The summed E-state index contributed by atoms with van der Waals surface area (Å²) in [5.41, 5.74) is 1.01. The van der Waals surface area contributed by atoms with Crippen LogP contribution in [0.1, 0.15) is 10.4 Å². The van der Waals surface area contributed by atoms with Crippen molar-refractivity contribution in [2.24, 2.45) is 0 Å². The lowest BCUT2D eigenvalue weighted by Crippen LogP contribution is -3.00. The molecule has 0 spiro atoms. The highest BCUT2D eigenvalue weighted by Gasteiger charge is 2.52. The van der Waals surface area contributed by atoms with Crippen molar-refractivity contribution >= 4 is 68.2 Å². The van der Waals surface area contributed by atoms with E-state index in [-0.39, 0.29) is 22.8 Å². The zero-order chi connectivity index (χ0) is 23.3. The summed E-state index contributed by atoms with van der Waals surface area (Å²) in [6.45, 7) is 0. The molecule has 0 atom stereocenters. The molecule has 0 aliphatic rings. The Labute approximate surface area is 224 Å². The summed E-state index contributed by atoms with van der Waals surface area (Å²) >= 11 is 16.6. The Morgan fingerprint density at radius 3 is 1.38 bits per heavy atom. The third kappa shape index (κ3) is 5.40. The normalized spacial score (nSPS) is 10.7. The SMILES string of the molecule is O=C(NC(=C(Cl)Cl)[P+](c1ccccc1)(c1ccccc1)c1ccccc1)c1ccc(Br)cc1.[Cl-]. The average molecular weight is 592 g/mol. The van der Waals surface area contributed by atoms with E-state index in [1.165, 1.54) is 0 Å². The summed E-state index contributed by atoms with van der Waals surface area (Å²) in [5.74, 6) is -0.275. The van der Waals surface area contributed by atoms with E-state index < -0.39 is 7.26 Å². The number of carbonyl (C=O) groups excluding carboxylic acids is 1. The van der Waals surface area contributed by atoms with E-state index in [1.54, 1.807) is 12.1 Å². The smallest absolute Gasteiger partial charge is 0.258 e. The molecular weight excluding hydrogens is 572 g/mol. The second kappa shape index (κ2) is 12.0. The molecule has 4 aromatic rings. The molecule has 2 nitrogen and oxygen atoms in total.